The zero-order valence-corrected chi connectivity index (χ0v) is 12.3. The molecule has 5 heteroatoms. The van der Waals surface area contributed by atoms with Crippen LogP contribution in [-0.2, 0) is 0 Å². The molecule has 1 aliphatic carbocycles. The summed E-state index contributed by atoms with van der Waals surface area (Å²) in [6.45, 7) is 3.85. The Morgan fingerprint density at radius 1 is 1.30 bits per heavy atom. The molecule has 0 saturated heterocycles. The third-order valence-corrected chi connectivity index (χ3v) is 4.56. The molecule has 2 unspecified atom stereocenters. The first kappa shape index (κ1) is 13.8. The van der Waals surface area contributed by atoms with Crippen LogP contribution in [0, 0.1) is 17.6 Å². The first-order valence-corrected chi connectivity index (χ1v) is 7.44. The molecule has 2 nitrogen and oxygen atoms in total. The molecule has 1 saturated carbocycles. The van der Waals surface area contributed by atoms with Crippen molar-refractivity contribution in [2.75, 3.05) is 0 Å². The molecule has 3 rings (SSSR count). The van der Waals surface area contributed by atoms with E-state index >= 15 is 0 Å². The van der Waals surface area contributed by atoms with Crippen LogP contribution in [0.1, 0.15) is 50.4 Å². The summed E-state index contributed by atoms with van der Waals surface area (Å²) >= 11 is 6.18. The molecule has 0 N–H and O–H groups in total. The third kappa shape index (κ3) is 2.01. The zero-order valence-electron chi connectivity index (χ0n) is 11.5. The summed E-state index contributed by atoms with van der Waals surface area (Å²) in [6.07, 6.45) is 3.44. The maximum absolute atomic E-state index is 14.2. The molecular formula is C15H17ClF2N2. The van der Waals surface area contributed by atoms with Crippen LogP contribution in [0.15, 0.2) is 12.1 Å². The van der Waals surface area contributed by atoms with E-state index in [0.29, 0.717) is 17.3 Å². The molecule has 1 heterocycles. The van der Waals surface area contributed by atoms with Crippen LogP contribution in [0.25, 0.3) is 11.0 Å². The summed E-state index contributed by atoms with van der Waals surface area (Å²) in [6, 6.07) is 2.72. The SMILES string of the molecule is CC(Cl)c1nc2ccc(F)c(F)c2n1C(C)C1CCC1. The number of benzene rings is 1. The number of imidazole rings is 1. The number of alkyl halides is 1. The second-order valence-corrected chi connectivity index (χ2v) is 6.27. The van der Waals surface area contributed by atoms with Gasteiger partial charge in [0.2, 0.25) is 0 Å². The summed E-state index contributed by atoms with van der Waals surface area (Å²) in [7, 11) is 0. The van der Waals surface area contributed by atoms with E-state index in [0.717, 1.165) is 18.9 Å². The van der Waals surface area contributed by atoms with Gasteiger partial charge in [-0.05, 0) is 44.7 Å². The minimum Gasteiger partial charge on any atom is -0.321 e. The summed E-state index contributed by atoms with van der Waals surface area (Å²) in [5.41, 5.74) is 0.712. The number of nitrogens with zero attached hydrogens (tertiary/aromatic N) is 2. The van der Waals surface area contributed by atoms with E-state index in [1.54, 1.807) is 11.5 Å². The molecule has 0 amide bonds. The lowest BCUT2D eigenvalue weighted by atomic mass is 9.80. The van der Waals surface area contributed by atoms with E-state index in [4.69, 9.17) is 11.6 Å². The number of halogens is 3. The monoisotopic (exact) mass is 298 g/mol. The Labute approximate surface area is 121 Å². The van der Waals surface area contributed by atoms with Crippen LogP contribution in [0.2, 0.25) is 0 Å². The van der Waals surface area contributed by atoms with Crippen LogP contribution >= 0.6 is 11.6 Å². The van der Waals surface area contributed by atoms with Crippen molar-refractivity contribution in [3.8, 4) is 0 Å². The van der Waals surface area contributed by atoms with Gasteiger partial charge in [0.1, 0.15) is 11.3 Å². The van der Waals surface area contributed by atoms with Gasteiger partial charge in [-0.3, -0.25) is 0 Å². The van der Waals surface area contributed by atoms with Crippen molar-refractivity contribution in [3.63, 3.8) is 0 Å². The normalized spacial score (nSPS) is 19.1. The lowest BCUT2D eigenvalue weighted by molar-refractivity contribution is 0.222. The third-order valence-electron chi connectivity index (χ3n) is 4.37. The Morgan fingerprint density at radius 3 is 2.55 bits per heavy atom. The Hall–Kier alpha value is -1.16. The van der Waals surface area contributed by atoms with Crippen LogP contribution in [0.5, 0.6) is 0 Å². The quantitative estimate of drug-likeness (QED) is 0.731. The minimum absolute atomic E-state index is 0.0845. The van der Waals surface area contributed by atoms with Gasteiger partial charge in [0, 0.05) is 6.04 Å². The molecule has 108 valence electrons. The fourth-order valence-electron chi connectivity index (χ4n) is 2.97. The molecule has 2 aromatic rings. The molecule has 2 atom stereocenters. The van der Waals surface area contributed by atoms with E-state index in [1.807, 2.05) is 6.92 Å². The van der Waals surface area contributed by atoms with Crippen molar-refractivity contribution in [1.82, 2.24) is 9.55 Å². The number of hydrogen-bond donors (Lipinski definition) is 0. The second-order valence-electron chi connectivity index (χ2n) is 5.62. The number of fused-ring (bicyclic) bond motifs is 1. The second kappa shape index (κ2) is 4.99. The van der Waals surface area contributed by atoms with Gasteiger partial charge < -0.3 is 4.57 Å². The van der Waals surface area contributed by atoms with Gasteiger partial charge in [-0.2, -0.15) is 0 Å². The topological polar surface area (TPSA) is 17.8 Å². The summed E-state index contributed by atoms with van der Waals surface area (Å²) in [5, 5.41) is -0.340. The Kier molecular flexibility index (Phi) is 3.44. The lowest BCUT2D eigenvalue weighted by Gasteiger charge is -2.33. The lowest BCUT2D eigenvalue weighted by Crippen LogP contribution is -2.24. The van der Waals surface area contributed by atoms with Crippen molar-refractivity contribution in [3.05, 3.63) is 29.6 Å². The predicted octanol–water partition coefficient (Wildman–Crippen LogP) is 4.98. The molecule has 1 aromatic heterocycles. The van der Waals surface area contributed by atoms with E-state index in [2.05, 4.69) is 4.98 Å². The largest absolute Gasteiger partial charge is 0.321 e. The first-order valence-electron chi connectivity index (χ1n) is 7.00. The number of hydrogen-bond acceptors (Lipinski definition) is 1. The smallest absolute Gasteiger partial charge is 0.184 e. The molecule has 1 fully saturated rings. The van der Waals surface area contributed by atoms with Crippen LogP contribution in [0.4, 0.5) is 8.78 Å². The highest BCUT2D eigenvalue weighted by atomic mass is 35.5. The minimum atomic E-state index is -0.840. The van der Waals surface area contributed by atoms with E-state index in [1.165, 1.54) is 12.5 Å². The van der Waals surface area contributed by atoms with Gasteiger partial charge >= 0.3 is 0 Å². The van der Waals surface area contributed by atoms with E-state index < -0.39 is 11.6 Å². The fourth-order valence-corrected chi connectivity index (χ4v) is 3.12. The predicted molar refractivity (Wildman–Crippen MR) is 76.0 cm³/mol. The van der Waals surface area contributed by atoms with Crippen molar-refractivity contribution in [2.45, 2.75) is 44.5 Å². The van der Waals surface area contributed by atoms with Crippen molar-refractivity contribution in [2.24, 2.45) is 5.92 Å². The molecule has 1 aliphatic rings. The summed E-state index contributed by atoms with van der Waals surface area (Å²) in [5.74, 6) is -0.562. The molecule has 1 aromatic carbocycles. The van der Waals surface area contributed by atoms with Gasteiger partial charge in [0.05, 0.1) is 10.9 Å². The summed E-state index contributed by atoms with van der Waals surface area (Å²) in [4.78, 5) is 4.40. The van der Waals surface area contributed by atoms with Crippen molar-refractivity contribution < 1.29 is 8.78 Å². The van der Waals surface area contributed by atoms with Crippen LogP contribution in [-0.4, -0.2) is 9.55 Å². The van der Waals surface area contributed by atoms with Gasteiger partial charge in [0.15, 0.2) is 11.6 Å². The molecule has 0 bridgehead atoms. The van der Waals surface area contributed by atoms with Crippen molar-refractivity contribution in [1.29, 1.82) is 0 Å². The first-order chi connectivity index (χ1) is 9.50. The standard InChI is InChI=1S/C15H17ClF2N2/c1-8(16)15-19-12-7-6-11(17)13(18)14(12)20(15)9(2)10-4-3-5-10/h6-10H,3-5H2,1-2H3. The van der Waals surface area contributed by atoms with Gasteiger partial charge in [-0.15, -0.1) is 11.6 Å². The van der Waals surface area contributed by atoms with Gasteiger partial charge in [0.25, 0.3) is 0 Å². The highest BCUT2D eigenvalue weighted by Gasteiger charge is 2.30. The highest BCUT2D eigenvalue weighted by molar-refractivity contribution is 6.20. The fraction of sp³-hybridized carbons (Fsp3) is 0.533. The number of rotatable bonds is 3. The molecule has 20 heavy (non-hydrogen) atoms. The van der Waals surface area contributed by atoms with Crippen LogP contribution in [0.3, 0.4) is 0 Å². The van der Waals surface area contributed by atoms with Gasteiger partial charge in [-0.25, -0.2) is 13.8 Å². The maximum atomic E-state index is 14.2. The average Bonchev–Trinajstić information content (AvgIpc) is 2.72. The van der Waals surface area contributed by atoms with Crippen LogP contribution < -0.4 is 0 Å². The van der Waals surface area contributed by atoms with Crippen molar-refractivity contribution >= 4 is 22.6 Å². The molecular weight excluding hydrogens is 282 g/mol. The Bertz CT molecular complexity index is 647. The van der Waals surface area contributed by atoms with E-state index in [9.17, 15) is 8.78 Å². The molecule has 0 spiro atoms. The molecule has 0 radical (unpaired) electrons. The number of aromatic nitrogens is 2. The van der Waals surface area contributed by atoms with Gasteiger partial charge in [-0.1, -0.05) is 6.42 Å². The maximum Gasteiger partial charge on any atom is 0.184 e. The summed E-state index contributed by atoms with van der Waals surface area (Å²) < 4.78 is 29.6. The Morgan fingerprint density at radius 2 is 2.00 bits per heavy atom. The zero-order chi connectivity index (χ0) is 14.4. The highest BCUT2D eigenvalue weighted by Crippen LogP contribution is 2.40. The average molecular weight is 299 g/mol. The molecule has 0 aliphatic heterocycles. The Balaban J connectivity index is 2.24. The van der Waals surface area contributed by atoms with E-state index in [-0.39, 0.29) is 16.9 Å².